The summed E-state index contributed by atoms with van der Waals surface area (Å²) in [4.78, 5) is 4.84. The first kappa shape index (κ1) is 11.7. The molecule has 2 heterocycles. The van der Waals surface area contributed by atoms with Crippen molar-refractivity contribution in [3.8, 4) is 0 Å². The minimum absolute atomic E-state index is 0.273. The highest BCUT2D eigenvalue weighted by Crippen LogP contribution is 2.60. The van der Waals surface area contributed by atoms with Gasteiger partial charge in [-0.1, -0.05) is 5.16 Å². The van der Waals surface area contributed by atoms with Crippen LogP contribution < -0.4 is 5.32 Å². The van der Waals surface area contributed by atoms with Gasteiger partial charge in [0.1, 0.15) is 0 Å². The molecule has 20 heavy (non-hydrogen) atoms. The standard InChI is InChI=1S/C16H23N3O/c1-2-13(17-3-1)14-18-15(19-20-14)16-7-10-4-11(8-16)6-12(5-10)9-16/h10-13,17H,1-9H2/t10?,11?,12?,13-,16?/m1/s1. The molecular weight excluding hydrogens is 250 g/mol. The van der Waals surface area contributed by atoms with Gasteiger partial charge in [-0.3, -0.25) is 0 Å². The van der Waals surface area contributed by atoms with E-state index in [0.29, 0.717) is 6.04 Å². The Hall–Kier alpha value is -0.900. The lowest BCUT2D eigenvalue weighted by Gasteiger charge is -2.55. The second kappa shape index (κ2) is 4.06. The Kier molecular flexibility index (Phi) is 2.38. The first-order valence-corrected chi connectivity index (χ1v) is 8.38. The molecule has 6 rings (SSSR count). The average molecular weight is 273 g/mol. The second-order valence-corrected chi connectivity index (χ2v) is 7.80. The summed E-state index contributed by atoms with van der Waals surface area (Å²) >= 11 is 0. The number of nitrogens with zero attached hydrogens (tertiary/aromatic N) is 2. The topological polar surface area (TPSA) is 51.0 Å². The van der Waals surface area contributed by atoms with E-state index in [1.54, 1.807) is 0 Å². The molecule has 0 unspecified atom stereocenters. The van der Waals surface area contributed by atoms with Gasteiger partial charge in [-0.15, -0.1) is 0 Å². The Morgan fingerprint density at radius 1 is 1.05 bits per heavy atom. The fourth-order valence-electron chi connectivity index (χ4n) is 5.87. The summed E-state index contributed by atoms with van der Waals surface area (Å²) in [5.41, 5.74) is 0.273. The van der Waals surface area contributed by atoms with E-state index in [1.807, 2.05) is 0 Å². The maximum Gasteiger partial charge on any atom is 0.243 e. The summed E-state index contributed by atoms with van der Waals surface area (Å²) in [6.45, 7) is 1.08. The predicted octanol–water partition coefficient (Wildman–Crippen LogP) is 2.96. The summed E-state index contributed by atoms with van der Waals surface area (Å²) in [7, 11) is 0. The summed E-state index contributed by atoms with van der Waals surface area (Å²) in [6.07, 6.45) is 10.7. The van der Waals surface area contributed by atoms with E-state index < -0.39 is 0 Å². The first-order valence-electron chi connectivity index (χ1n) is 8.38. The van der Waals surface area contributed by atoms with Gasteiger partial charge in [0.05, 0.1) is 6.04 Å². The van der Waals surface area contributed by atoms with Crippen molar-refractivity contribution in [1.82, 2.24) is 15.5 Å². The van der Waals surface area contributed by atoms with E-state index in [-0.39, 0.29) is 5.41 Å². The Morgan fingerprint density at radius 2 is 1.75 bits per heavy atom. The van der Waals surface area contributed by atoms with Gasteiger partial charge in [-0.25, -0.2) is 0 Å². The summed E-state index contributed by atoms with van der Waals surface area (Å²) in [5.74, 6) is 4.70. The van der Waals surface area contributed by atoms with Crippen LogP contribution in [0.1, 0.15) is 69.1 Å². The first-order chi connectivity index (χ1) is 9.81. The molecule has 4 saturated carbocycles. The lowest BCUT2D eigenvalue weighted by Crippen LogP contribution is -2.49. The lowest BCUT2D eigenvalue weighted by atomic mass is 9.49. The van der Waals surface area contributed by atoms with Crippen LogP contribution in [0.4, 0.5) is 0 Å². The molecule has 1 atom stereocenters. The molecule has 4 bridgehead atoms. The van der Waals surface area contributed by atoms with Crippen LogP contribution in [0, 0.1) is 17.8 Å². The third-order valence-corrected chi connectivity index (χ3v) is 6.31. The SMILES string of the molecule is C1CN[C@@H](c2nc(C34CC5CC(CC(C5)C3)C4)no2)C1. The van der Waals surface area contributed by atoms with Crippen molar-refractivity contribution in [1.29, 1.82) is 0 Å². The van der Waals surface area contributed by atoms with Crippen molar-refractivity contribution in [2.24, 2.45) is 17.8 Å². The molecule has 1 saturated heterocycles. The van der Waals surface area contributed by atoms with Crippen molar-refractivity contribution in [2.75, 3.05) is 6.54 Å². The van der Waals surface area contributed by atoms with Crippen molar-refractivity contribution >= 4 is 0 Å². The summed E-state index contributed by atoms with van der Waals surface area (Å²) in [5, 5.41) is 7.89. The molecule has 5 fully saturated rings. The van der Waals surface area contributed by atoms with Crippen molar-refractivity contribution in [2.45, 2.75) is 62.8 Å². The van der Waals surface area contributed by atoms with Gasteiger partial charge >= 0.3 is 0 Å². The zero-order valence-corrected chi connectivity index (χ0v) is 12.0. The van der Waals surface area contributed by atoms with Crippen LogP contribution in [0.15, 0.2) is 4.52 Å². The van der Waals surface area contributed by atoms with Gasteiger partial charge < -0.3 is 9.84 Å². The second-order valence-electron chi connectivity index (χ2n) is 7.80. The van der Waals surface area contributed by atoms with Crippen molar-refractivity contribution < 1.29 is 4.52 Å². The normalized spacial score (nSPS) is 46.2. The Bertz CT molecular complexity index is 482. The molecule has 4 heteroatoms. The van der Waals surface area contributed by atoms with Gasteiger partial charge in [0.15, 0.2) is 5.82 Å². The molecule has 4 aliphatic carbocycles. The number of hydrogen-bond donors (Lipinski definition) is 1. The summed E-state index contributed by atoms with van der Waals surface area (Å²) < 4.78 is 5.61. The van der Waals surface area contributed by atoms with E-state index in [2.05, 4.69) is 10.5 Å². The molecular formula is C16H23N3O. The maximum atomic E-state index is 5.61. The zero-order chi connectivity index (χ0) is 13.2. The van der Waals surface area contributed by atoms with E-state index in [1.165, 1.54) is 44.9 Å². The molecule has 1 aromatic rings. The molecule has 1 N–H and O–H groups in total. The van der Waals surface area contributed by atoms with E-state index in [4.69, 9.17) is 9.51 Å². The van der Waals surface area contributed by atoms with Crippen LogP contribution >= 0.6 is 0 Å². The highest BCUT2D eigenvalue weighted by Gasteiger charge is 2.53. The van der Waals surface area contributed by atoms with Gasteiger partial charge in [0, 0.05) is 5.41 Å². The Labute approximate surface area is 119 Å². The third kappa shape index (κ3) is 1.63. The van der Waals surface area contributed by atoms with Crippen LogP contribution in [0.5, 0.6) is 0 Å². The number of rotatable bonds is 2. The Morgan fingerprint density at radius 3 is 2.35 bits per heavy atom. The minimum Gasteiger partial charge on any atom is -0.338 e. The van der Waals surface area contributed by atoms with E-state index in [9.17, 15) is 0 Å². The number of aromatic nitrogens is 2. The minimum atomic E-state index is 0.273. The monoisotopic (exact) mass is 273 g/mol. The fraction of sp³-hybridized carbons (Fsp3) is 0.875. The molecule has 4 nitrogen and oxygen atoms in total. The smallest absolute Gasteiger partial charge is 0.243 e. The van der Waals surface area contributed by atoms with Gasteiger partial charge in [0.25, 0.3) is 0 Å². The van der Waals surface area contributed by atoms with Gasteiger partial charge in [-0.05, 0) is 75.7 Å². The van der Waals surface area contributed by atoms with Crippen LogP contribution in [0.3, 0.4) is 0 Å². The number of hydrogen-bond acceptors (Lipinski definition) is 4. The molecule has 0 spiro atoms. The highest BCUT2D eigenvalue weighted by molar-refractivity contribution is 5.17. The van der Waals surface area contributed by atoms with E-state index >= 15 is 0 Å². The third-order valence-electron chi connectivity index (χ3n) is 6.31. The zero-order valence-electron chi connectivity index (χ0n) is 12.0. The van der Waals surface area contributed by atoms with Crippen molar-refractivity contribution in [3.63, 3.8) is 0 Å². The van der Waals surface area contributed by atoms with E-state index in [0.717, 1.165) is 42.4 Å². The molecule has 0 amide bonds. The maximum absolute atomic E-state index is 5.61. The molecule has 1 aromatic heterocycles. The molecule has 0 aromatic carbocycles. The average Bonchev–Trinajstić information content (AvgIpc) is 3.09. The lowest BCUT2D eigenvalue weighted by molar-refractivity contribution is -0.0103. The molecule has 1 aliphatic heterocycles. The molecule has 5 aliphatic rings. The largest absolute Gasteiger partial charge is 0.338 e. The fourth-order valence-corrected chi connectivity index (χ4v) is 5.87. The van der Waals surface area contributed by atoms with Gasteiger partial charge in [0.2, 0.25) is 5.89 Å². The van der Waals surface area contributed by atoms with Crippen LogP contribution in [0.2, 0.25) is 0 Å². The molecule has 108 valence electrons. The summed E-state index contributed by atoms with van der Waals surface area (Å²) in [6, 6.07) is 0.310. The van der Waals surface area contributed by atoms with Gasteiger partial charge in [-0.2, -0.15) is 4.98 Å². The van der Waals surface area contributed by atoms with Crippen LogP contribution in [-0.4, -0.2) is 16.7 Å². The highest BCUT2D eigenvalue weighted by atomic mass is 16.5. The number of nitrogens with one attached hydrogen (secondary N) is 1. The molecule has 0 radical (unpaired) electrons. The van der Waals surface area contributed by atoms with Crippen LogP contribution in [0.25, 0.3) is 0 Å². The Balaban J connectivity index is 1.47. The van der Waals surface area contributed by atoms with Crippen LogP contribution in [-0.2, 0) is 5.41 Å². The quantitative estimate of drug-likeness (QED) is 0.900. The van der Waals surface area contributed by atoms with Crippen molar-refractivity contribution in [3.05, 3.63) is 11.7 Å². The predicted molar refractivity (Wildman–Crippen MR) is 74.1 cm³/mol.